The fraction of sp³-hybridized carbons (Fsp3) is 0.100. The van der Waals surface area contributed by atoms with E-state index in [9.17, 15) is 9.59 Å². The molecule has 0 bridgehead atoms. The Morgan fingerprint density at radius 3 is 2.55 bits per heavy atom. The molecular weight excluding hydrogens is 394 g/mol. The minimum Gasteiger partial charge on any atom is -0.452 e. The van der Waals surface area contributed by atoms with Crippen molar-refractivity contribution in [1.29, 1.82) is 0 Å². The van der Waals surface area contributed by atoms with Crippen LogP contribution in [-0.2, 0) is 13.1 Å². The molecular formula is C20H16ClN5O3. The van der Waals surface area contributed by atoms with Crippen molar-refractivity contribution in [3.05, 3.63) is 104 Å². The third-order valence-corrected chi connectivity index (χ3v) is 4.43. The largest absolute Gasteiger partial charge is 0.452 e. The molecule has 9 heteroatoms. The molecule has 0 amide bonds. The molecule has 8 nitrogen and oxygen atoms in total. The van der Waals surface area contributed by atoms with Crippen LogP contribution in [-0.4, -0.2) is 24.5 Å². The monoisotopic (exact) mass is 409 g/mol. The second-order valence-corrected chi connectivity index (χ2v) is 6.73. The van der Waals surface area contributed by atoms with Gasteiger partial charge in [0.05, 0.1) is 30.5 Å². The van der Waals surface area contributed by atoms with Gasteiger partial charge in [-0.3, -0.25) is 14.5 Å². The number of ether oxygens (including phenoxy) is 1. The molecule has 0 fully saturated rings. The number of halogens is 1. The highest BCUT2D eigenvalue weighted by Gasteiger charge is 2.08. The third kappa shape index (κ3) is 4.61. The number of nitrogens with zero attached hydrogens (tertiary/aromatic N) is 4. The Morgan fingerprint density at radius 1 is 0.966 bits per heavy atom. The van der Waals surface area contributed by atoms with Crippen LogP contribution in [0, 0.1) is 0 Å². The maximum atomic E-state index is 11.7. The van der Waals surface area contributed by atoms with E-state index in [4.69, 9.17) is 16.3 Å². The van der Waals surface area contributed by atoms with E-state index in [0.717, 1.165) is 22.0 Å². The van der Waals surface area contributed by atoms with Crippen LogP contribution in [0.25, 0.3) is 0 Å². The highest BCUT2D eigenvalue weighted by Crippen LogP contribution is 2.30. The van der Waals surface area contributed by atoms with Crippen molar-refractivity contribution >= 4 is 11.6 Å². The molecule has 1 N–H and O–H groups in total. The van der Waals surface area contributed by atoms with Crippen LogP contribution in [0.2, 0.25) is 5.02 Å². The van der Waals surface area contributed by atoms with Gasteiger partial charge in [0, 0.05) is 0 Å². The lowest BCUT2D eigenvalue weighted by atomic mass is 10.2. The summed E-state index contributed by atoms with van der Waals surface area (Å²) in [6, 6.07) is 15.2. The van der Waals surface area contributed by atoms with Crippen LogP contribution < -0.4 is 16.0 Å². The maximum absolute atomic E-state index is 11.7. The lowest BCUT2D eigenvalue weighted by Crippen LogP contribution is -2.31. The van der Waals surface area contributed by atoms with Crippen molar-refractivity contribution < 1.29 is 4.74 Å². The van der Waals surface area contributed by atoms with Crippen molar-refractivity contribution in [2.24, 2.45) is 0 Å². The van der Waals surface area contributed by atoms with Crippen LogP contribution in [0.5, 0.6) is 11.5 Å². The lowest BCUT2D eigenvalue weighted by molar-refractivity contribution is 0.481. The van der Waals surface area contributed by atoms with Gasteiger partial charge in [0.15, 0.2) is 5.75 Å². The molecule has 0 atom stereocenters. The summed E-state index contributed by atoms with van der Waals surface area (Å²) in [7, 11) is 0. The van der Waals surface area contributed by atoms with Crippen molar-refractivity contribution in [2.45, 2.75) is 13.1 Å². The predicted molar refractivity (Wildman–Crippen MR) is 108 cm³/mol. The number of benzene rings is 2. The summed E-state index contributed by atoms with van der Waals surface area (Å²) in [6.45, 7) is 0.808. The van der Waals surface area contributed by atoms with Crippen LogP contribution in [0.3, 0.4) is 0 Å². The summed E-state index contributed by atoms with van der Waals surface area (Å²) >= 11 is 6.33. The first-order chi connectivity index (χ1) is 14.1. The second kappa shape index (κ2) is 8.15. The molecule has 2 heterocycles. The molecule has 0 saturated heterocycles. The normalized spacial score (nSPS) is 10.8. The maximum Gasteiger partial charge on any atom is 0.345 e. The Morgan fingerprint density at radius 2 is 1.79 bits per heavy atom. The van der Waals surface area contributed by atoms with Gasteiger partial charge in [-0.2, -0.15) is 10.2 Å². The Balaban J connectivity index is 1.46. The second-order valence-electron chi connectivity index (χ2n) is 6.32. The molecule has 29 heavy (non-hydrogen) atoms. The van der Waals surface area contributed by atoms with Crippen molar-refractivity contribution in [3.63, 3.8) is 0 Å². The highest BCUT2D eigenvalue weighted by atomic mass is 35.5. The average Bonchev–Trinajstić information content (AvgIpc) is 3.14. The first-order valence-corrected chi connectivity index (χ1v) is 9.14. The Labute approximate surface area is 170 Å². The van der Waals surface area contributed by atoms with Gasteiger partial charge in [0.1, 0.15) is 11.9 Å². The first-order valence-electron chi connectivity index (χ1n) is 8.76. The number of aromatic nitrogens is 5. The van der Waals surface area contributed by atoms with Gasteiger partial charge in [-0.25, -0.2) is 9.48 Å². The summed E-state index contributed by atoms with van der Waals surface area (Å²) in [5.74, 6) is 1.03. The lowest BCUT2D eigenvalue weighted by Gasteiger charge is -2.08. The highest BCUT2D eigenvalue weighted by molar-refractivity contribution is 6.32. The van der Waals surface area contributed by atoms with E-state index in [1.54, 1.807) is 35.3 Å². The van der Waals surface area contributed by atoms with Gasteiger partial charge in [0.25, 0.3) is 5.56 Å². The molecule has 2 aromatic heterocycles. The zero-order chi connectivity index (χ0) is 20.2. The summed E-state index contributed by atoms with van der Waals surface area (Å²) in [5, 5.41) is 8.49. The van der Waals surface area contributed by atoms with Gasteiger partial charge >= 0.3 is 5.69 Å². The van der Waals surface area contributed by atoms with Gasteiger partial charge in [-0.05, 0) is 23.3 Å². The van der Waals surface area contributed by atoms with Crippen molar-refractivity contribution in [3.8, 4) is 11.5 Å². The summed E-state index contributed by atoms with van der Waals surface area (Å²) in [6.07, 6.45) is 4.46. The standard InChI is InChI=1S/C20H16ClN5O3/c21-17-8-15(12-26-20(28)24-19(27)10-23-26)6-7-18(17)29-16-9-22-25(13-16)11-14-4-2-1-3-5-14/h1-10,13H,11-12H2,(H,24,27,28). The number of rotatable bonds is 6. The van der Waals surface area contributed by atoms with E-state index in [0.29, 0.717) is 23.1 Å². The molecule has 2 aromatic carbocycles. The molecule has 0 aliphatic rings. The van der Waals surface area contributed by atoms with Gasteiger partial charge in [0.2, 0.25) is 0 Å². The molecule has 146 valence electrons. The van der Waals surface area contributed by atoms with E-state index in [-0.39, 0.29) is 6.54 Å². The fourth-order valence-corrected chi connectivity index (χ4v) is 3.01. The molecule has 0 unspecified atom stereocenters. The van der Waals surface area contributed by atoms with E-state index in [1.165, 1.54) is 0 Å². The van der Waals surface area contributed by atoms with Gasteiger partial charge in [-0.15, -0.1) is 0 Å². The van der Waals surface area contributed by atoms with E-state index in [1.807, 2.05) is 30.3 Å². The van der Waals surface area contributed by atoms with E-state index in [2.05, 4.69) is 15.2 Å². The molecule has 4 aromatic rings. The van der Waals surface area contributed by atoms with Crippen LogP contribution in [0.1, 0.15) is 11.1 Å². The van der Waals surface area contributed by atoms with Crippen molar-refractivity contribution in [2.75, 3.05) is 0 Å². The first kappa shape index (κ1) is 18.7. The molecule has 0 spiro atoms. The van der Waals surface area contributed by atoms with Gasteiger partial charge < -0.3 is 4.74 Å². The topological polar surface area (TPSA) is 94.8 Å². The van der Waals surface area contributed by atoms with E-state index >= 15 is 0 Å². The summed E-state index contributed by atoms with van der Waals surface area (Å²) in [4.78, 5) is 25.0. The zero-order valence-corrected chi connectivity index (χ0v) is 15.9. The van der Waals surface area contributed by atoms with Crippen molar-refractivity contribution in [1.82, 2.24) is 24.5 Å². The SMILES string of the molecule is O=c1cnn(Cc2ccc(Oc3cnn(Cc4ccccc4)c3)c(Cl)c2)c(=O)[nH]1. The summed E-state index contributed by atoms with van der Waals surface area (Å²) in [5.41, 5.74) is 0.750. The van der Waals surface area contributed by atoms with Gasteiger partial charge in [-0.1, -0.05) is 48.0 Å². The predicted octanol–water partition coefficient (Wildman–Crippen LogP) is 2.67. The molecule has 0 aliphatic heterocycles. The number of nitrogens with one attached hydrogen (secondary N) is 1. The smallest absolute Gasteiger partial charge is 0.345 e. The van der Waals surface area contributed by atoms with Crippen LogP contribution in [0.4, 0.5) is 0 Å². The fourth-order valence-electron chi connectivity index (χ4n) is 2.77. The molecule has 4 rings (SSSR count). The molecule has 0 saturated carbocycles. The minimum atomic E-state index is -0.584. The number of hydrogen-bond acceptors (Lipinski definition) is 5. The Bertz CT molecular complexity index is 1250. The van der Waals surface area contributed by atoms with E-state index < -0.39 is 11.2 Å². The third-order valence-electron chi connectivity index (χ3n) is 4.13. The Kier molecular flexibility index (Phi) is 5.26. The quantitative estimate of drug-likeness (QED) is 0.528. The average molecular weight is 410 g/mol. The molecule has 0 radical (unpaired) electrons. The number of H-pyrrole nitrogens is 1. The Hall–Kier alpha value is -3.65. The summed E-state index contributed by atoms with van der Waals surface area (Å²) < 4.78 is 8.74. The van der Waals surface area contributed by atoms with Crippen LogP contribution in [0.15, 0.2) is 76.7 Å². The number of aromatic amines is 1. The minimum absolute atomic E-state index is 0.171. The zero-order valence-electron chi connectivity index (χ0n) is 15.2. The molecule has 0 aliphatic carbocycles. The number of hydrogen-bond donors (Lipinski definition) is 1. The van der Waals surface area contributed by atoms with Crippen LogP contribution >= 0.6 is 11.6 Å².